The molecule has 0 nitrogen and oxygen atoms in total. The van der Waals surface area contributed by atoms with Gasteiger partial charge in [-0.25, -0.2) is 0 Å². The van der Waals surface area contributed by atoms with E-state index in [4.69, 9.17) is 0 Å². The quantitative estimate of drug-likeness (QED) is 0.481. The molecule has 0 aliphatic carbocycles. The van der Waals surface area contributed by atoms with Gasteiger partial charge in [0.05, 0.1) is 0 Å². The van der Waals surface area contributed by atoms with Crippen LogP contribution in [0.3, 0.4) is 0 Å². The molecule has 2 aromatic rings. The van der Waals surface area contributed by atoms with Crippen molar-refractivity contribution in [2.24, 2.45) is 0 Å². The van der Waals surface area contributed by atoms with Crippen molar-refractivity contribution in [3.05, 3.63) is 54.1 Å². The van der Waals surface area contributed by atoms with E-state index in [1.54, 1.807) is 5.56 Å². The van der Waals surface area contributed by atoms with Crippen LogP contribution in [0, 0.1) is 0 Å². The molecule has 1 heteroatoms. The number of fused-ring (bicyclic) bond motifs is 1. The molecule has 0 saturated carbocycles. The van der Waals surface area contributed by atoms with Crippen molar-refractivity contribution in [1.82, 2.24) is 0 Å². The molecule has 3 rings (SSSR count). The minimum Gasteiger partial charge on any atom is -0.125 e. The first-order valence-corrected chi connectivity index (χ1v) is 10.6. The van der Waals surface area contributed by atoms with Crippen LogP contribution in [-0.4, -0.2) is 5.75 Å². The minimum absolute atomic E-state index is 0.749. The van der Waals surface area contributed by atoms with Crippen LogP contribution in [0.2, 0.25) is 0 Å². The monoisotopic (exact) mass is 340 g/mol. The Balaban J connectivity index is 0.000000256. The van der Waals surface area contributed by atoms with Gasteiger partial charge in [0.1, 0.15) is 0 Å². The zero-order valence-electron chi connectivity index (χ0n) is 15.6. The topological polar surface area (TPSA) is 0 Å². The normalized spacial score (nSPS) is 15.5. The third-order valence-corrected chi connectivity index (χ3v) is 5.95. The second kappa shape index (κ2) is 10.6. The summed E-state index contributed by atoms with van der Waals surface area (Å²) in [6.07, 6.45) is 8.26. The van der Waals surface area contributed by atoms with E-state index in [0.29, 0.717) is 0 Å². The standard InChI is InChI=1S/C16H16S.C7H16/c1-2-12-11-17-16-9-8-14(10-15(12)16)13-6-4-3-5-7-13;1-3-5-7-6-4-2/h3-10,12H,2,11H2,1H3;3-7H2,1-2H3. The Morgan fingerprint density at radius 3 is 2.17 bits per heavy atom. The lowest BCUT2D eigenvalue weighted by Gasteiger charge is -2.09. The minimum atomic E-state index is 0.749. The van der Waals surface area contributed by atoms with Crippen LogP contribution in [0.15, 0.2) is 53.4 Å². The predicted octanol–water partition coefficient (Wildman–Crippen LogP) is 7.93. The number of rotatable bonds is 6. The van der Waals surface area contributed by atoms with E-state index < -0.39 is 0 Å². The summed E-state index contributed by atoms with van der Waals surface area (Å²) in [7, 11) is 0. The van der Waals surface area contributed by atoms with E-state index in [9.17, 15) is 0 Å². The number of benzene rings is 2. The van der Waals surface area contributed by atoms with Crippen molar-refractivity contribution in [3.8, 4) is 11.1 Å². The van der Waals surface area contributed by atoms with E-state index in [2.05, 4.69) is 69.3 Å². The van der Waals surface area contributed by atoms with Crippen LogP contribution >= 0.6 is 11.8 Å². The fourth-order valence-electron chi connectivity index (χ4n) is 3.10. The first-order chi connectivity index (χ1) is 11.8. The molecular weight excluding hydrogens is 308 g/mol. The van der Waals surface area contributed by atoms with Gasteiger partial charge >= 0.3 is 0 Å². The maximum absolute atomic E-state index is 2.39. The summed E-state index contributed by atoms with van der Waals surface area (Å²) in [6.45, 7) is 6.78. The fraction of sp³-hybridized carbons (Fsp3) is 0.478. The average Bonchev–Trinajstić information content (AvgIpc) is 3.06. The Labute approximate surface area is 153 Å². The Kier molecular flexibility index (Phi) is 8.45. The molecule has 2 aromatic carbocycles. The van der Waals surface area contributed by atoms with Crippen LogP contribution in [0.5, 0.6) is 0 Å². The van der Waals surface area contributed by atoms with Crippen LogP contribution in [-0.2, 0) is 0 Å². The molecule has 1 atom stereocenters. The van der Waals surface area contributed by atoms with Crippen LogP contribution < -0.4 is 0 Å². The highest BCUT2D eigenvalue weighted by molar-refractivity contribution is 7.99. The molecule has 130 valence electrons. The zero-order valence-corrected chi connectivity index (χ0v) is 16.4. The highest BCUT2D eigenvalue weighted by Crippen LogP contribution is 2.42. The van der Waals surface area contributed by atoms with Gasteiger partial charge in [0.15, 0.2) is 0 Å². The van der Waals surface area contributed by atoms with Gasteiger partial charge < -0.3 is 0 Å². The Bertz CT molecular complexity index is 584. The van der Waals surface area contributed by atoms with E-state index in [1.165, 1.54) is 60.3 Å². The molecule has 0 fully saturated rings. The summed E-state index contributed by atoms with van der Waals surface area (Å²) in [4.78, 5) is 1.48. The van der Waals surface area contributed by atoms with E-state index in [0.717, 1.165) is 5.92 Å². The largest absolute Gasteiger partial charge is 0.125 e. The summed E-state index contributed by atoms with van der Waals surface area (Å²) >= 11 is 2.00. The van der Waals surface area contributed by atoms with Crippen molar-refractivity contribution >= 4 is 11.8 Å². The molecule has 1 aliphatic rings. The van der Waals surface area contributed by atoms with Gasteiger partial charge in [-0.3, -0.25) is 0 Å². The molecular formula is C23H32S. The molecule has 0 radical (unpaired) electrons. The molecule has 0 amide bonds. The van der Waals surface area contributed by atoms with Crippen molar-refractivity contribution in [2.75, 3.05) is 5.75 Å². The second-order valence-electron chi connectivity index (χ2n) is 6.60. The zero-order chi connectivity index (χ0) is 17.2. The highest BCUT2D eigenvalue weighted by atomic mass is 32.2. The molecule has 0 N–H and O–H groups in total. The Hall–Kier alpha value is -1.21. The van der Waals surface area contributed by atoms with Gasteiger partial charge in [-0.1, -0.05) is 89.3 Å². The maximum atomic E-state index is 2.39. The van der Waals surface area contributed by atoms with E-state index in [-0.39, 0.29) is 0 Å². The van der Waals surface area contributed by atoms with Crippen LogP contribution in [0.1, 0.15) is 70.8 Å². The predicted molar refractivity (Wildman–Crippen MR) is 110 cm³/mol. The summed E-state index contributed by atoms with van der Waals surface area (Å²) in [5, 5.41) is 0. The van der Waals surface area contributed by atoms with Gasteiger partial charge in [0.2, 0.25) is 0 Å². The van der Waals surface area contributed by atoms with Crippen molar-refractivity contribution < 1.29 is 0 Å². The maximum Gasteiger partial charge on any atom is 0.0108 e. The van der Waals surface area contributed by atoms with Gasteiger partial charge in [0, 0.05) is 10.6 Å². The number of thioether (sulfide) groups is 1. The smallest absolute Gasteiger partial charge is 0.0108 e. The lowest BCUT2D eigenvalue weighted by molar-refractivity contribution is 0.656. The molecule has 0 saturated heterocycles. The lowest BCUT2D eigenvalue weighted by Crippen LogP contribution is -1.94. The molecule has 1 unspecified atom stereocenters. The highest BCUT2D eigenvalue weighted by Gasteiger charge is 2.21. The van der Waals surface area contributed by atoms with E-state index >= 15 is 0 Å². The molecule has 0 bridgehead atoms. The SMILES string of the molecule is CCC1CSc2ccc(-c3ccccc3)cc21.CCCCCCC. The van der Waals surface area contributed by atoms with Crippen molar-refractivity contribution in [3.63, 3.8) is 0 Å². The van der Waals surface area contributed by atoms with Gasteiger partial charge in [-0.2, -0.15) is 0 Å². The van der Waals surface area contributed by atoms with Gasteiger partial charge in [-0.15, -0.1) is 11.8 Å². The summed E-state index contributed by atoms with van der Waals surface area (Å²) < 4.78 is 0. The first kappa shape index (κ1) is 19.1. The Morgan fingerprint density at radius 1 is 0.833 bits per heavy atom. The third-order valence-electron chi connectivity index (χ3n) is 4.70. The first-order valence-electron chi connectivity index (χ1n) is 9.62. The summed E-state index contributed by atoms with van der Waals surface area (Å²) in [5.41, 5.74) is 4.23. The van der Waals surface area contributed by atoms with Crippen molar-refractivity contribution in [2.45, 2.75) is 70.1 Å². The van der Waals surface area contributed by atoms with Crippen LogP contribution in [0.25, 0.3) is 11.1 Å². The second-order valence-corrected chi connectivity index (χ2v) is 7.66. The van der Waals surface area contributed by atoms with E-state index in [1.807, 2.05) is 11.8 Å². The molecule has 1 aliphatic heterocycles. The molecule has 0 spiro atoms. The number of unbranched alkanes of at least 4 members (excludes halogenated alkanes) is 4. The lowest BCUT2D eigenvalue weighted by atomic mass is 9.95. The molecule has 0 aromatic heterocycles. The molecule has 1 heterocycles. The fourth-order valence-corrected chi connectivity index (χ4v) is 4.46. The van der Waals surface area contributed by atoms with Crippen molar-refractivity contribution in [1.29, 1.82) is 0 Å². The average molecular weight is 341 g/mol. The summed E-state index contributed by atoms with van der Waals surface area (Å²) in [6, 6.07) is 17.6. The third kappa shape index (κ3) is 5.41. The molecule has 24 heavy (non-hydrogen) atoms. The van der Waals surface area contributed by atoms with Crippen LogP contribution in [0.4, 0.5) is 0 Å². The number of hydrogen-bond donors (Lipinski definition) is 0. The Morgan fingerprint density at radius 2 is 1.54 bits per heavy atom. The number of hydrogen-bond acceptors (Lipinski definition) is 1. The summed E-state index contributed by atoms with van der Waals surface area (Å²) in [5.74, 6) is 2.00. The van der Waals surface area contributed by atoms with Gasteiger partial charge in [-0.05, 0) is 41.2 Å². The van der Waals surface area contributed by atoms with Gasteiger partial charge in [0.25, 0.3) is 0 Å².